The van der Waals surface area contributed by atoms with Crippen molar-refractivity contribution >= 4 is 44.1 Å². The predicted molar refractivity (Wildman–Crippen MR) is 110 cm³/mol. The molecule has 28 heavy (non-hydrogen) atoms. The fraction of sp³-hybridized carbons (Fsp3) is 0.105. The molecule has 0 unspecified atom stereocenters. The molecule has 0 aliphatic heterocycles. The summed E-state index contributed by atoms with van der Waals surface area (Å²) in [7, 11) is -3.25. The van der Waals surface area contributed by atoms with Gasteiger partial charge in [0.25, 0.3) is 0 Å². The van der Waals surface area contributed by atoms with Crippen LogP contribution >= 0.6 is 23.2 Å². The molecule has 0 saturated heterocycles. The summed E-state index contributed by atoms with van der Waals surface area (Å²) in [5.41, 5.74) is 3.53. The van der Waals surface area contributed by atoms with Crippen molar-refractivity contribution < 1.29 is 8.42 Å². The van der Waals surface area contributed by atoms with Gasteiger partial charge in [-0.15, -0.1) is 0 Å². The Morgan fingerprint density at radius 2 is 1.71 bits per heavy atom. The number of hydrogen-bond donors (Lipinski definition) is 1. The summed E-state index contributed by atoms with van der Waals surface area (Å²) in [6.07, 6.45) is 2.81. The van der Waals surface area contributed by atoms with E-state index in [1.54, 1.807) is 43.5 Å². The third-order valence-corrected chi connectivity index (χ3v) is 6.01. The van der Waals surface area contributed by atoms with Crippen molar-refractivity contribution in [1.29, 1.82) is 0 Å². The number of H-pyrrole nitrogens is 1. The van der Waals surface area contributed by atoms with Crippen LogP contribution in [0, 0.1) is 6.92 Å². The van der Waals surface area contributed by atoms with E-state index in [0.29, 0.717) is 38.5 Å². The Bertz CT molecular complexity index is 1320. The molecule has 0 saturated carbocycles. The van der Waals surface area contributed by atoms with E-state index in [4.69, 9.17) is 23.2 Å². The normalized spacial score (nSPS) is 11.9. The fourth-order valence-electron chi connectivity index (χ4n) is 2.86. The number of hydrogen-bond acceptors (Lipinski definition) is 5. The lowest BCUT2D eigenvalue weighted by atomic mass is 10.1. The van der Waals surface area contributed by atoms with Gasteiger partial charge in [-0.2, -0.15) is 0 Å². The zero-order valence-electron chi connectivity index (χ0n) is 14.9. The molecule has 2 heterocycles. The van der Waals surface area contributed by atoms with Crippen molar-refractivity contribution in [1.82, 2.24) is 19.9 Å². The Labute approximate surface area is 171 Å². The molecule has 0 aliphatic carbocycles. The van der Waals surface area contributed by atoms with Gasteiger partial charge in [0.1, 0.15) is 16.8 Å². The van der Waals surface area contributed by atoms with Crippen LogP contribution in [-0.2, 0) is 9.84 Å². The number of nitrogens with zero attached hydrogens (tertiary/aromatic N) is 3. The van der Waals surface area contributed by atoms with E-state index in [9.17, 15) is 8.42 Å². The number of imidazole rings is 1. The number of aryl methyl sites for hydroxylation is 1. The molecule has 142 valence electrons. The van der Waals surface area contributed by atoms with E-state index >= 15 is 0 Å². The predicted octanol–water partition coefficient (Wildman–Crippen LogP) is 4.71. The molecule has 6 nitrogen and oxygen atoms in total. The number of halogens is 2. The SMILES string of the molecule is Cc1ncc(-c2cc3[nH]c(-c4ccc(S(C)(=O)=O)cc4)nc3cc2Cl)c(Cl)n1. The van der Waals surface area contributed by atoms with Crippen LogP contribution in [0.5, 0.6) is 0 Å². The van der Waals surface area contributed by atoms with E-state index in [1.807, 2.05) is 6.07 Å². The van der Waals surface area contributed by atoms with Crippen LogP contribution in [0.3, 0.4) is 0 Å². The molecule has 0 radical (unpaired) electrons. The average molecular weight is 433 g/mol. The minimum Gasteiger partial charge on any atom is -0.338 e. The van der Waals surface area contributed by atoms with E-state index in [0.717, 1.165) is 11.1 Å². The lowest BCUT2D eigenvalue weighted by molar-refractivity contribution is 0.602. The Morgan fingerprint density at radius 1 is 1.00 bits per heavy atom. The second kappa shape index (κ2) is 6.84. The summed E-state index contributed by atoms with van der Waals surface area (Å²) < 4.78 is 23.2. The maximum Gasteiger partial charge on any atom is 0.175 e. The second-order valence-electron chi connectivity index (χ2n) is 6.35. The topological polar surface area (TPSA) is 88.6 Å². The van der Waals surface area contributed by atoms with Crippen molar-refractivity contribution in [3.05, 3.63) is 58.6 Å². The van der Waals surface area contributed by atoms with Gasteiger partial charge in [0.2, 0.25) is 0 Å². The van der Waals surface area contributed by atoms with Crippen LogP contribution in [-0.4, -0.2) is 34.6 Å². The van der Waals surface area contributed by atoms with Crippen molar-refractivity contribution in [3.8, 4) is 22.5 Å². The van der Waals surface area contributed by atoms with Crippen molar-refractivity contribution in [3.63, 3.8) is 0 Å². The molecule has 0 atom stereocenters. The average Bonchev–Trinajstić information content (AvgIpc) is 3.03. The zero-order valence-corrected chi connectivity index (χ0v) is 17.2. The van der Waals surface area contributed by atoms with Gasteiger partial charge in [-0.25, -0.2) is 23.4 Å². The quantitative estimate of drug-likeness (QED) is 0.473. The third kappa shape index (κ3) is 3.48. The molecule has 2 aromatic carbocycles. The summed E-state index contributed by atoms with van der Waals surface area (Å²) >= 11 is 12.7. The van der Waals surface area contributed by atoms with Crippen LogP contribution in [0.2, 0.25) is 10.2 Å². The maximum absolute atomic E-state index is 11.6. The van der Waals surface area contributed by atoms with Crippen LogP contribution in [0.4, 0.5) is 0 Å². The van der Waals surface area contributed by atoms with Gasteiger partial charge in [-0.3, -0.25) is 0 Å². The van der Waals surface area contributed by atoms with Gasteiger partial charge < -0.3 is 4.98 Å². The summed E-state index contributed by atoms with van der Waals surface area (Å²) in [6, 6.07) is 10.1. The van der Waals surface area contributed by atoms with Crippen LogP contribution < -0.4 is 0 Å². The second-order valence-corrected chi connectivity index (χ2v) is 9.13. The minimum absolute atomic E-state index is 0.256. The standard InChI is InChI=1S/C19H14Cl2N4O2S/c1-10-22-9-14(18(21)23-10)13-7-16-17(8-15(13)20)25-19(24-16)11-3-5-12(6-4-11)28(2,26)27/h3-9H,1-2H3,(H,24,25). The van der Waals surface area contributed by atoms with E-state index in [2.05, 4.69) is 19.9 Å². The highest BCUT2D eigenvalue weighted by atomic mass is 35.5. The summed E-state index contributed by atoms with van der Waals surface area (Å²) in [6.45, 7) is 1.76. The molecule has 4 rings (SSSR count). The van der Waals surface area contributed by atoms with E-state index in [1.165, 1.54) is 6.26 Å². The summed E-state index contributed by atoms with van der Waals surface area (Å²) in [5, 5.41) is 0.803. The lowest BCUT2D eigenvalue weighted by Gasteiger charge is -2.06. The Kier molecular flexibility index (Phi) is 4.61. The number of sulfone groups is 1. The largest absolute Gasteiger partial charge is 0.338 e. The number of aromatic nitrogens is 4. The number of benzene rings is 2. The number of fused-ring (bicyclic) bond motifs is 1. The van der Waals surface area contributed by atoms with Gasteiger partial charge in [0.15, 0.2) is 9.84 Å². The van der Waals surface area contributed by atoms with E-state index in [-0.39, 0.29) is 4.90 Å². The smallest absolute Gasteiger partial charge is 0.175 e. The highest BCUT2D eigenvalue weighted by Gasteiger charge is 2.14. The number of nitrogens with one attached hydrogen (secondary N) is 1. The molecule has 2 aromatic heterocycles. The van der Waals surface area contributed by atoms with Gasteiger partial charge in [-0.1, -0.05) is 23.2 Å². The van der Waals surface area contributed by atoms with Gasteiger partial charge in [0.05, 0.1) is 21.0 Å². The Morgan fingerprint density at radius 3 is 2.36 bits per heavy atom. The molecule has 0 amide bonds. The van der Waals surface area contributed by atoms with E-state index < -0.39 is 9.84 Å². The molecule has 0 aliphatic rings. The highest BCUT2D eigenvalue weighted by molar-refractivity contribution is 7.90. The minimum atomic E-state index is -3.25. The molecule has 1 N–H and O–H groups in total. The fourth-order valence-corrected chi connectivity index (χ4v) is 4.02. The van der Waals surface area contributed by atoms with Crippen LogP contribution in [0.25, 0.3) is 33.5 Å². The Balaban J connectivity index is 1.80. The van der Waals surface area contributed by atoms with Crippen molar-refractivity contribution in [2.45, 2.75) is 11.8 Å². The third-order valence-electron chi connectivity index (χ3n) is 4.28. The maximum atomic E-state index is 11.6. The molecule has 0 spiro atoms. The Hall–Kier alpha value is -2.48. The van der Waals surface area contributed by atoms with Crippen LogP contribution in [0.1, 0.15) is 5.82 Å². The molecular weight excluding hydrogens is 419 g/mol. The number of rotatable bonds is 3. The molecule has 9 heteroatoms. The van der Waals surface area contributed by atoms with Gasteiger partial charge in [-0.05, 0) is 43.3 Å². The summed E-state index contributed by atoms with van der Waals surface area (Å²) in [5.74, 6) is 1.18. The van der Waals surface area contributed by atoms with Gasteiger partial charge >= 0.3 is 0 Å². The van der Waals surface area contributed by atoms with Crippen molar-refractivity contribution in [2.75, 3.05) is 6.26 Å². The first kappa shape index (κ1) is 18.9. The number of aromatic amines is 1. The first-order valence-electron chi connectivity index (χ1n) is 8.21. The highest BCUT2D eigenvalue weighted by Crippen LogP contribution is 2.35. The first-order valence-corrected chi connectivity index (χ1v) is 10.9. The monoisotopic (exact) mass is 432 g/mol. The van der Waals surface area contributed by atoms with Crippen LogP contribution in [0.15, 0.2) is 47.5 Å². The zero-order chi connectivity index (χ0) is 20.1. The van der Waals surface area contributed by atoms with Crippen molar-refractivity contribution in [2.24, 2.45) is 0 Å². The molecule has 4 aromatic rings. The molecule has 0 bridgehead atoms. The molecule has 0 fully saturated rings. The lowest BCUT2D eigenvalue weighted by Crippen LogP contribution is -1.96. The first-order chi connectivity index (χ1) is 13.2. The molecular formula is C19H14Cl2N4O2S. The summed E-state index contributed by atoms with van der Waals surface area (Å²) in [4.78, 5) is 16.4. The van der Waals surface area contributed by atoms with Gasteiger partial charge in [0, 0.05) is 29.1 Å².